The average molecular weight is 166 g/mol. The minimum Gasteiger partial charge on any atom is -0.392 e. The van der Waals surface area contributed by atoms with Gasteiger partial charge in [0, 0.05) is 12.8 Å². The molecular formula is C10H14O2. The van der Waals surface area contributed by atoms with Crippen LogP contribution in [0.3, 0.4) is 0 Å². The maximum Gasteiger partial charge on any atom is 0.133 e. The Morgan fingerprint density at radius 2 is 2.33 bits per heavy atom. The molecule has 0 aliphatic heterocycles. The summed E-state index contributed by atoms with van der Waals surface area (Å²) in [4.78, 5) is 11.1. The smallest absolute Gasteiger partial charge is 0.133 e. The summed E-state index contributed by atoms with van der Waals surface area (Å²) < 4.78 is 0. The number of hydrogen-bond acceptors (Lipinski definition) is 2. The van der Waals surface area contributed by atoms with Crippen molar-refractivity contribution in [1.82, 2.24) is 0 Å². The summed E-state index contributed by atoms with van der Waals surface area (Å²) in [5, 5.41) is 8.93. The van der Waals surface area contributed by atoms with Crippen molar-refractivity contribution < 1.29 is 9.90 Å². The molecule has 0 aromatic heterocycles. The molecule has 0 bridgehead atoms. The SMILES string of the molecule is O=C1CCC2C=C(CO)C[C@@H]2C1. The first kappa shape index (κ1) is 7.99. The molecule has 0 aromatic carbocycles. The summed E-state index contributed by atoms with van der Waals surface area (Å²) in [6, 6.07) is 0. The van der Waals surface area contributed by atoms with Gasteiger partial charge >= 0.3 is 0 Å². The van der Waals surface area contributed by atoms with Crippen molar-refractivity contribution in [1.29, 1.82) is 0 Å². The van der Waals surface area contributed by atoms with E-state index < -0.39 is 0 Å². The molecule has 1 unspecified atom stereocenters. The van der Waals surface area contributed by atoms with Crippen LogP contribution in [0.25, 0.3) is 0 Å². The Morgan fingerprint density at radius 3 is 3.08 bits per heavy atom. The third-order valence-electron chi connectivity index (χ3n) is 3.03. The molecule has 0 saturated heterocycles. The van der Waals surface area contributed by atoms with Gasteiger partial charge in [0.1, 0.15) is 5.78 Å². The number of aliphatic hydroxyl groups excluding tert-OH is 1. The first-order valence-corrected chi connectivity index (χ1v) is 4.61. The molecule has 2 atom stereocenters. The van der Waals surface area contributed by atoms with E-state index in [0.717, 1.165) is 31.3 Å². The molecule has 0 heterocycles. The van der Waals surface area contributed by atoms with Gasteiger partial charge in [0.05, 0.1) is 6.61 Å². The fourth-order valence-electron chi connectivity index (χ4n) is 2.38. The van der Waals surface area contributed by atoms with Crippen molar-refractivity contribution in [3.8, 4) is 0 Å². The topological polar surface area (TPSA) is 37.3 Å². The molecule has 2 heteroatoms. The van der Waals surface area contributed by atoms with Gasteiger partial charge in [-0.05, 0) is 30.3 Å². The minimum absolute atomic E-state index is 0.182. The van der Waals surface area contributed by atoms with Crippen LogP contribution in [0.4, 0.5) is 0 Å². The van der Waals surface area contributed by atoms with E-state index in [1.807, 2.05) is 0 Å². The molecular weight excluding hydrogens is 152 g/mol. The van der Waals surface area contributed by atoms with E-state index in [-0.39, 0.29) is 6.61 Å². The summed E-state index contributed by atoms with van der Waals surface area (Å²) in [5.74, 6) is 1.52. The fraction of sp³-hybridized carbons (Fsp3) is 0.700. The van der Waals surface area contributed by atoms with Gasteiger partial charge in [-0.1, -0.05) is 6.08 Å². The highest BCUT2D eigenvalue weighted by Crippen LogP contribution is 2.39. The second-order valence-electron chi connectivity index (χ2n) is 3.89. The third-order valence-corrected chi connectivity index (χ3v) is 3.03. The Labute approximate surface area is 72.3 Å². The van der Waals surface area contributed by atoms with Gasteiger partial charge < -0.3 is 5.11 Å². The number of hydrogen-bond donors (Lipinski definition) is 1. The second kappa shape index (κ2) is 3.02. The zero-order chi connectivity index (χ0) is 8.55. The summed E-state index contributed by atoms with van der Waals surface area (Å²) in [6.45, 7) is 0.182. The summed E-state index contributed by atoms with van der Waals surface area (Å²) in [5.41, 5.74) is 1.14. The van der Waals surface area contributed by atoms with Crippen LogP contribution >= 0.6 is 0 Å². The molecule has 0 aromatic rings. The van der Waals surface area contributed by atoms with Gasteiger partial charge in [-0.2, -0.15) is 0 Å². The van der Waals surface area contributed by atoms with E-state index in [1.165, 1.54) is 0 Å². The molecule has 2 nitrogen and oxygen atoms in total. The van der Waals surface area contributed by atoms with Gasteiger partial charge in [0.15, 0.2) is 0 Å². The first-order valence-electron chi connectivity index (χ1n) is 4.61. The Balaban J connectivity index is 2.05. The van der Waals surface area contributed by atoms with Gasteiger partial charge in [-0.15, -0.1) is 0 Å². The highest BCUT2D eigenvalue weighted by Gasteiger charge is 2.32. The molecule has 0 radical (unpaired) electrons. The number of allylic oxidation sites excluding steroid dienone is 1. The van der Waals surface area contributed by atoms with Crippen LogP contribution in [0.5, 0.6) is 0 Å². The largest absolute Gasteiger partial charge is 0.392 e. The lowest BCUT2D eigenvalue weighted by Crippen LogP contribution is -2.20. The number of ketones is 1. The quantitative estimate of drug-likeness (QED) is 0.596. The van der Waals surface area contributed by atoms with E-state index in [0.29, 0.717) is 17.6 Å². The molecule has 2 aliphatic carbocycles. The second-order valence-corrected chi connectivity index (χ2v) is 3.89. The van der Waals surface area contributed by atoms with Crippen molar-refractivity contribution in [2.45, 2.75) is 25.7 Å². The third kappa shape index (κ3) is 1.31. The standard InChI is InChI=1S/C10H14O2/c11-6-7-3-8-1-2-10(12)5-9(8)4-7/h3,8-9,11H,1-2,4-6H2/t8?,9-/m1/s1. The van der Waals surface area contributed by atoms with Gasteiger partial charge in [0.25, 0.3) is 0 Å². The van der Waals surface area contributed by atoms with Crippen molar-refractivity contribution in [2.24, 2.45) is 11.8 Å². The van der Waals surface area contributed by atoms with E-state index in [2.05, 4.69) is 6.08 Å². The lowest BCUT2D eigenvalue weighted by atomic mass is 9.81. The van der Waals surface area contributed by atoms with Crippen LogP contribution in [0, 0.1) is 11.8 Å². The van der Waals surface area contributed by atoms with E-state index >= 15 is 0 Å². The molecule has 0 amide bonds. The highest BCUT2D eigenvalue weighted by molar-refractivity contribution is 5.79. The van der Waals surface area contributed by atoms with Crippen molar-refractivity contribution >= 4 is 5.78 Å². The maximum atomic E-state index is 11.1. The molecule has 2 aliphatic rings. The van der Waals surface area contributed by atoms with E-state index in [9.17, 15) is 4.79 Å². The van der Waals surface area contributed by atoms with Crippen molar-refractivity contribution in [3.05, 3.63) is 11.6 Å². The number of carbonyl (C=O) groups is 1. The number of Topliss-reactive ketones (excluding diaryl/α,β-unsaturated/α-hetero) is 1. The molecule has 1 N–H and O–H groups in total. The summed E-state index contributed by atoms with van der Waals surface area (Å²) >= 11 is 0. The first-order chi connectivity index (χ1) is 5.79. The monoisotopic (exact) mass is 166 g/mol. The van der Waals surface area contributed by atoms with Crippen LogP contribution in [0.1, 0.15) is 25.7 Å². The average Bonchev–Trinajstić information content (AvgIpc) is 2.46. The van der Waals surface area contributed by atoms with Crippen molar-refractivity contribution in [2.75, 3.05) is 6.61 Å². The van der Waals surface area contributed by atoms with Crippen LogP contribution in [-0.2, 0) is 4.79 Å². The van der Waals surface area contributed by atoms with Crippen LogP contribution in [0.2, 0.25) is 0 Å². The Bertz CT molecular complexity index is 230. The van der Waals surface area contributed by atoms with Crippen LogP contribution in [-0.4, -0.2) is 17.5 Å². The van der Waals surface area contributed by atoms with Gasteiger partial charge in [-0.25, -0.2) is 0 Å². The predicted octanol–water partition coefficient (Wildman–Crippen LogP) is 1.29. The number of rotatable bonds is 1. The number of fused-ring (bicyclic) bond motifs is 1. The minimum atomic E-state index is 0.182. The van der Waals surface area contributed by atoms with Crippen LogP contribution < -0.4 is 0 Å². The Kier molecular flexibility index (Phi) is 2.01. The fourth-order valence-corrected chi connectivity index (χ4v) is 2.38. The lowest BCUT2D eigenvalue weighted by molar-refractivity contribution is -0.122. The molecule has 12 heavy (non-hydrogen) atoms. The van der Waals surface area contributed by atoms with E-state index in [4.69, 9.17) is 5.11 Å². The molecule has 66 valence electrons. The predicted molar refractivity (Wildman–Crippen MR) is 45.6 cm³/mol. The Hall–Kier alpha value is -0.630. The van der Waals surface area contributed by atoms with Crippen molar-refractivity contribution in [3.63, 3.8) is 0 Å². The summed E-state index contributed by atoms with van der Waals surface area (Å²) in [6.07, 6.45) is 5.62. The zero-order valence-electron chi connectivity index (χ0n) is 7.12. The summed E-state index contributed by atoms with van der Waals surface area (Å²) in [7, 11) is 0. The van der Waals surface area contributed by atoms with Gasteiger partial charge in [-0.3, -0.25) is 4.79 Å². The number of carbonyl (C=O) groups excluding carboxylic acids is 1. The lowest BCUT2D eigenvalue weighted by Gasteiger charge is -2.23. The molecule has 0 spiro atoms. The normalized spacial score (nSPS) is 34.8. The molecule has 1 saturated carbocycles. The van der Waals surface area contributed by atoms with Gasteiger partial charge in [0.2, 0.25) is 0 Å². The van der Waals surface area contributed by atoms with Crippen LogP contribution in [0.15, 0.2) is 11.6 Å². The highest BCUT2D eigenvalue weighted by atomic mass is 16.3. The maximum absolute atomic E-state index is 11.1. The molecule has 2 rings (SSSR count). The zero-order valence-corrected chi connectivity index (χ0v) is 7.12. The van der Waals surface area contributed by atoms with E-state index in [1.54, 1.807) is 0 Å². The molecule has 1 fully saturated rings. The number of aliphatic hydroxyl groups is 1. The Morgan fingerprint density at radius 1 is 1.50 bits per heavy atom.